The van der Waals surface area contributed by atoms with Crippen LogP contribution in [0.4, 0.5) is 0 Å². The second kappa shape index (κ2) is 15.6. The Balaban J connectivity index is 2.96. The number of aromatic amines is 1. The van der Waals surface area contributed by atoms with Gasteiger partial charge in [-0.15, -0.1) is 0 Å². The zero-order chi connectivity index (χ0) is 25.7. The topological polar surface area (TPSA) is 200 Å². The lowest BCUT2D eigenvalue weighted by atomic mass is 10.1. The van der Waals surface area contributed by atoms with Gasteiger partial charge in [0.25, 0.3) is 0 Å². The maximum absolute atomic E-state index is 13.0. The number of imidazole rings is 1. The Kier molecular flexibility index (Phi) is 13.6. The fraction of sp³-hybridized carbons (Fsp3) is 0.650. The Bertz CT molecular complexity index is 795. The van der Waals surface area contributed by atoms with Gasteiger partial charge in [0.15, 0.2) is 0 Å². The molecule has 0 aromatic carbocycles. The highest BCUT2D eigenvalue weighted by Crippen LogP contribution is 2.06. The number of aromatic nitrogens is 2. The number of aliphatic hydroxyl groups is 1. The van der Waals surface area contributed by atoms with Crippen molar-refractivity contribution in [3.63, 3.8) is 0 Å². The van der Waals surface area contributed by atoms with Crippen molar-refractivity contribution >= 4 is 47.2 Å². The molecule has 0 radical (unpaired) electrons. The van der Waals surface area contributed by atoms with E-state index in [1.807, 2.05) is 6.26 Å². The van der Waals surface area contributed by atoms with E-state index in [0.717, 1.165) is 0 Å². The van der Waals surface area contributed by atoms with Crippen LogP contribution in [-0.2, 0) is 25.6 Å². The normalized spacial score (nSPS) is 15.4. The maximum atomic E-state index is 13.0. The molecule has 0 saturated carbocycles. The highest BCUT2D eigenvalue weighted by molar-refractivity contribution is 7.98. The largest absolute Gasteiger partial charge is 0.480 e. The van der Waals surface area contributed by atoms with Crippen molar-refractivity contribution in [1.82, 2.24) is 25.9 Å². The molecule has 1 aromatic heterocycles. The number of nitrogens with one attached hydrogen (secondary N) is 4. The second-order valence-corrected chi connectivity index (χ2v) is 9.61. The van der Waals surface area contributed by atoms with Crippen molar-refractivity contribution in [2.24, 2.45) is 5.73 Å². The molecular formula is C20H34N6O6S2. The van der Waals surface area contributed by atoms with Crippen molar-refractivity contribution < 1.29 is 29.4 Å². The smallest absolute Gasteiger partial charge is 0.326 e. The number of H-pyrrole nitrogens is 1. The van der Waals surface area contributed by atoms with Crippen molar-refractivity contribution in [1.29, 1.82) is 0 Å². The number of thioether (sulfide) groups is 2. The summed E-state index contributed by atoms with van der Waals surface area (Å²) >= 11 is 2.96. The van der Waals surface area contributed by atoms with E-state index in [1.165, 1.54) is 43.0 Å². The first-order valence-corrected chi connectivity index (χ1v) is 13.4. The lowest BCUT2D eigenvalue weighted by Gasteiger charge is -2.26. The number of carbonyl (C=O) groups excluding carboxylic acids is 3. The van der Waals surface area contributed by atoms with Gasteiger partial charge >= 0.3 is 5.97 Å². The Hall–Kier alpha value is -2.29. The predicted octanol–water partition coefficient (Wildman–Crippen LogP) is -1.29. The first kappa shape index (κ1) is 29.7. The third-order valence-electron chi connectivity index (χ3n) is 4.87. The third kappa shape index (κ3) is 10.3. The van der Waals surface area contributed by atoms with Crippen LogP contribution in [0.15, 0.2) is 12.5 Å². The number of nitrogens with two attached hydrogens (primary N) is 1. The number of nitrogens with zero attached hydrogens (tertiary/aromatic N) is 1. The number of carbonyl (C=O) groups is 4. The summed E-state index contributed by atoms with van der Waals surface area (Å²) in [5, 5.41) is 26.8. The van der Waals surface area contributed by atoms with E-state index < -0.39 is 54.0 Å². The van der Waals surface area contributed by atoms with Gasteiger partial charge in [-0.05, 0) is 43.8 Å². The zero-order valence-corrected chi connectivity index (χ0v) is 21.1. The van der Waals surface area contributed by atoms with Crippen LogP contribution in [0.1, 0.15) is 25.5 Å². The number of hydrogen-bond acceptors (Lipinski definition) is 9. The maximum Gasteiger partial charge on any atom is 0.326 e. The first-order chi connectivity index (χ1) is 16.1. The van der Waals surface area contributed by atoms with Gasteiger partial charge in [-0.3, -0.25) is 14.4 Å². The molecule has 0 fully saturated rings. The predicted molar refractivity (Wildman–Crippen MR) is 131 cm³/mol. The fourth-order valence-corrected chi connectivity index (χ4v) is 3.85. The van der Waals surface area contributed by atoms with Gasteiger partial charge in [-0.1, -0.05) is 0 Å². The molecule has 34 heavy (non-hydrogen) atoms. The van der Waals surface area contributed by atoms with E-state index in [0.29, 0.717) is 23.6 Å². The van der Waals surface area contributed by atoms with Crippen LogP contribution >= 0.6 is 23.5 Å². The average Bonchev–Trinajstić information content (AvgIpc) is 3.30. The van der Waals surface area contributed by atoms with Gasteiger partial charge in [-0.2, -0.15) is 23.5 Å². The lowest BCUT2D eigenvalue weighted by Crippen LogP contribution is -2.60. The summed E-state index contributed by atoms with van der Waals surface area (Å²) in [5.74, 6) is -2.18. The van der Waals surface area contributed by atoms with Crippen LogP contribution in [0.2, 0.25) is 0 Å². The standard InChI is InChI=1S/C20H34N6O6S2/c1-11(27)16(19(30)24-14(20(31)32)5-7-34-3)26-18(29)15(8-12-9-22-10-23-12)25-17(28)13(21)4-6-33-2/h9-11,13-16,27H,4-8,21H2,1-3H3,(H,22,23)(H,24,30)(H,25,28)(H,26,29)(H,31,32). The highest BCUT2D eigenvalue weighted by Gasteiger charge is 2.32. The molecular weight excluding hydrogens is 484 g/mol. The van der Waals surface area contributed by atoms with Crippen molar-refractivity contribution in [3.05, 3.63) is 18.2 Å². The average molecular weight is 519 g/mol. The number of carboxylic acid groups (broad SMARTS) is 1. The van der Waals surface area contributed by atoms with Gasteiger partial charge in [0.05, 0.1) is 18.5 Å². The Labute approximate surface area is 207 Å². The summed E-state index contributed by atoms with van der Waals surface area (Å²) in [6.45, 7) is 1.29. The molecule has 1 aromatic rings. The molecule has 1 rings (SSSR count). The van der Waals surface area contributed by atoms with Gasteiger partial charge in [0.2, 0.25) is 17.7 Å². The number of rotatable bonds is 16. The minimum atomic E-state index is -1.44. The third-order valence-corrected chi connectivity index (χ3v) is 6.16. The van der Waals surface area contributed by atoms with Crippen molar-refractivity contribution in [2.75, 3.05) is 24.0 Å². The van der Waals surface area contributed by atoms with Crippen LogP contribution in [0, 0.1) is 0 Å². The Morgan fingerprint density at radius 2 is 1.65 bits per heavy atom. The molecule has 0 aliphatic heterocycles. The fourth-order valence-electron chi connectivity index (χ4n) is 2.89. The van der Waals surface area contributed by atoms with Crippen molar-refractivity contribution in [3.8, 4) is 0 Å². The van der Waals surface area contributed by atoms with E-state index in [4.69, 9.17) is 5.73 Å². The summed E-state index contributed by atoms with van der Waals surface area (Å²) in [5.41, 5.74) is 6.46. The van der Waals surface area contributed by atoms with Crippen LogP contribution in [0.3, 0.4) is 0 Å². The summed E-state index contributed by atoms with van der Waals surface area (Å²) in [7, 11) is 0. The molecule has 3 amide bonds. The first-order valence-electron chi connectivity index (χ1n) is 10.6. The SMILES string of the molecule is CSCCC(N)C(=O)NC(Cc1cnc[nH]1)C(=O)NC(C(=O)NC(CCSC)C(=O)O)C(C)O. The van der Waals surface area contributed by atoms with Gasteiger partial charge in [-0.25, -0.2) is 9.78 Å². The number of aliphatic carboxylic acids is 1. The van der Waals surface area contributed by atoms with E-state index in [9.17, 15) is 29.4 Å². The minimum absolute atomic E-state index is 0.0342. The van der Waals surface area contributed by atoms with Gasteiger partial charge < -0.3 is 36.9 Å². The van der Waals surface area contributed by atoms with Crippen LogP contribution < -0.4 is 21.7 Å². The highest BCUT2D eigenvalue weighted by atomic mass is 32.2. The van der Waals surface area contributed by atoms with Crippen molar-refractivity contribution in [2.45, 2.75) is 56.5 Å². The Morgan fingerprint density at radius 3 is 2.18 bits per heavy atom. The monoisotopic (exact) mass is 518 g/mol. The molecule has 5 atom stereocenters. The summed E-state index contributed by atoms with van der Waals surface area (Å²) in [6, 6.07) is -4.55. The molecule has 0 bridgehead atoms. The lowest BCUT2D eigenvalue weighted by molar-refractivity contribution is -0.143. The molecule has 14 heteroatoms. The van der Waals surface area contributed by atoms with Crippen LogP contribution in [0.25, 0.3) is 0 Å². The molecule has 12 nitrogen and oxygen atoms in total. The Morgan fingerprint density at radius 1 is 1.03 bits per heavy atom. The second-order valence-electron chi connectivity index (χ2n) is 7.64. The molecule has 0 aliphatic rings. The number of hydrogen-bond donors (Lipinski definition) is 7. The molecule has 0 saturated heterocycles. The summed E-state index contributed by atoms with van der Waals surface area (Å²) in [4.78, 5) is 56.5. The van der Waals surface area contributed by atoms with Gasteiger partial charge in [0.1, 0.15) is 18.1 Å². The minimum Gasteiger partial charge on any atom is -0.480 e. The quantitative estimate of drug-likeness (QED) is 0.138. The van der Waals surface area contributed by atoms with Crippen LogP contribution in [-0.4, -0.2) is 98.2 Å². The van der Waals surface area contributed by atoms with E-state index in [2.05, 4.69) is 25.9 Å². The van der Waals surface area contributed by atoms with Crippen LogP contribution in [0.5, 0.6) is 0 Å². The molecule has 8 N–H and O–H groups in total. The van der Waals surface area contributed by atoms with E-state index >= 15 is 0 Å². The zero-order valence-electron chi connectivity index (χ0n) is 19.4. The summed E-state index contributed by atoms with van der Waals surface area (Å²) < 4.78 is 0. The van der Waals surface area contributed by atoms with Gasteiger partial charge in [0, 0.05) is 18.3 Å². The summed E-state index contributed by atoms with van der Waals surface area (Å²) in [6.07, 6.45) is 5.90. The number of carboxylic acids is 1. The molecule has 0 aliphatic carbocycles. The molecule has 192 valence electrons. The van der Waals surface area contributed by atoms with E-state index in [1.54, 1.807) is 6.26 Å². The molecule has 1 heterocycles. The number of aliphatic hydroxyl groups excluding tert-OH is 1. The molecule has 0 spiro atoms. The molecule has 5 unspecified atom stereocenters. The van der Waals surface area contributed by atoms with E-state index in [-0.39, 0.29) is 12.8 Å². The number of amides is 3.